The zero-order valence-electron chi connectivity index (χ0n) is 7.45. The molecule has 1 aliphatic rings. The van der Waals surface area contributed by atoms with Gasteiger partial charge in [-0.25, -0.2) is 0 Å². The largest absolute Gasteiger partial charge is 0.390 e. The van der Waals surface area contributed by atoms with Crippen molar-refractivity contribution in [3.63, 3.8) is 0 Å². The van der Waals surface area contributed by atoms with Gasteiger partial charge >= 0.3 is 0 Å². The van der Waals surface area contributed by atoms with Crippen LogP contribution in [0.4, 0.5) is 0 Å². The van der Waals surface area contributed by atoms with Gasteiger partial charge in [-0.15, -0.1) is 0 Å². The van der Waals surface area contributed by atoms with Crippen molar-refractivity contribution in [3.05, 3.63) is 0 Å². The predicted molar refractivity (Wildman–Crippen MR) is 43.5 cm³/mol. The molecule has 11 heavy (non-hydrogen) atoms. The number of aliphatic hydroxyl groups is 1. The summed E-state index contributed by atoms with van der Waals surface area (Å²) in [5.74, 6) is 0. The van der Waals surface area contributed by atoms with Gasteiger partial charge in [-0.05, 0) is 21.0 Å². The average molecular weight is 159 g/mol. The molecule has 0 aromatic heterocycles. The molecular weight excluding hydrogens is 142 g/mol. The number of nitrogens with zero attached hydrogens (tertiary/aromatic N) is 1. The molecule has 3 heteroatoms. The molecule has 0 radical (unpaired) electrons. The molecule has 1 N–H and O–H groups in total. The Morgan fingerprint density at radius 1 is 1.55 bits per heavy atom. The molecule has 0 saturated carbocycles. The minimum atomic E-state index is -0.264. The summed E-state index contributed by atoms with van der Waals surface area (Å²) in [6.07, 6.45) is 0.745. The third-order valence-corrected chi connectivity index (χ3v) is 2.02. The number of rotatable bonds is 2. The third-order valence-electron chi connectivity index (χ3n) is 2.02. The normalized spacial score (nSPS) is 38.5. The van der Waals surface area contributed by atoms with E-state index in [1.165, 1.54) is 0 Å². The number of aliphatic hydroxyl groups excluding tert-OH is 1. The molecule has 3 nitrogen and oxygen atoms in total. The third kappa shape index (κ3) is 2.43. The van der Waals surface area contributed by atoms with Gasteiger partial charge in [0.05, 0.1) is 18.3 Å². The fourth-order valence-corrected chi connectivity index (χ4v) is 1.44. The lowest BCUT2D eigenvalue weighted by molar-refractivity contribution is 0.0139. The van der Waals surface area contributed by atoms with E-state index in [1.807, 2.05) is 21.0 Å². The van der Waals surface area contributed by atoms with Crippen molar-refractivity contribution in [1.29, 1.82) is 0 Å². The molecule has 1 saturated heterocycles. The van der Waals surface area contributed by atoms with Crippen LogP contribution in [-0.2, 0) is 4.74 Å². The van der Waals surface area contributed by atoms with Crippen molar-refractivity contribution in [2.45, 2.75) is 31.7 Å². The lowest BCUT2D eigenvalue weighted by atomic mass is 10.1. The molecule has 0 amide bonds. The van der Waals surface area contributed by atoms with E-state index in [0.717, 1.165) is 13.0 Å². The summed E-state index contributed by atoms with van der Waals surface area (Å²) < 4.78 is 5.49. The molecule has 66 valence electrons. The van der Waals surface area contributed by atoms with Crippen LogP contribution in [0.3, 0.4) is 0 Å². The zero-order valence-corrected chi connectivity index (χ0v) is 7.45. The van der Waals surface area contributed by atoms with Gasteiger partial charge in [0.25, 0.3) is 0 Å². The maximum Gasteiger partial charge on any atom is 0.0824 e. The Balaban J connectivity index is 2.29. The predicted octanol–water partition coefficient (Wildman–Crippen LogP) is 0.0863. The van der Waals surface area contributed by atoms with Gasteiger partial charge in [0.2, 0.25) is 0 Å². The van der Waals surface area contributed by atoms with Gasteiger partial charge in [-0.3, -0.25) is 0 Å². The molecule has 0 spiro atoms. The lowest BCUT2D eigenvalue weighted by Gasteiger charge is -2.15. The van der Waals surface area contributed by atoms with Gasteiger partial charge in [-0.2, -0.15) is 0 Å². The molecular formula is C8H17NO2. The second-order valence-corrected chi connectivity index (χ2v) is 3.53. The highest BCUT2D eigenvalue weighted by Gasteiger charge is 2.30. The fraction of sp³-hybridized carbons (Fsp3) is 1.00. The van der Waals surface area contributed by atoms with Crippen molar-refractivity contribution in [2.75, 3.05) is 20.6 Å². The van der Waals surface area contributed by atoms with E-state index in [4.69, 9.17) is 4.74 Å². The summed E-state index contributed by atoms with van der Waals surface area (Å²) in [5.41, 5.74) is 0. The van der Waals surface area contributed by atoms with E-state index < -0.39 is 0 Å². The van der Waals surface area contributed by atoms with Crippen molar-refractivity contribution in [1.82, 2.24) is 4.90 Å². The Hall–Kier alpha value is -0.120. The highest BCUT2D eigenvalue weighted by Crippen LogP contribution is 2.19. The Morgan fingerprint density at radius 3 is 2.55 bits per heavy atom. The maximum absolute atomic E-state index is 9.34. The summed E-state index contributed by atoms with van der Waals surface area (Å²) in [4.78, 5) is 2.08. The van der Waals surface area contributed by atoms with E-state index in [1.54, 1.807) is 0 Å². The molecule has 0 unspecified atom stereocenters. The smallest absolute Gasteiger partial charge is 0.0824 e. The standard InChI is InChI=1S/C8H17NO2/c1-6-8(10)4-7(11-6)5-9(2)3/h6-8,10H,4-5H2,1-3H3/t6-,7-,8+/m0/s1. The fourth-order valence-electron chi connectivity index (χ4n) is 1.44. The first-order valence-electron chi connectivity index (χ1n) is 4.08. The SMILES string of the molecule is C[C@@H]1O[C@H](CN(C)C)C[C@H]1O. The summed E-state index contributed by atoms with van der Waals surface area (Å²) in [7, 11) is 4.03. The van der Waals surface area contributed by atoms with E-state index in [0.29, 0.717) is 0 Å². The number of hydrogen-bond donors (Lipinski definition) is 1. The van der Waals surface area contributed by atoms with Crippen molar-refractivity contribution in [3.8, 4) is 0 Å². The second-order valence-electron chi connectivity index (χ2n) is 3.53. The first-order valence-corrected chi connectivity index (χ1v) is 4.08. The van der Waals surface area contributed by atoms with E-state index in [-0.39, 0.29) is 18.3 Å². The Kier molecular flexibility index (Phi) is 2.87. The van der Waals surface area contributed by atoms with Crippen LogP contribution in [0.2, 0.25) is 0 Å². The van der Waals surface area contributed by atoms with E-state index in [9.17, 15) is 5.11 Å². The van der Waals surface area contributed by atoms with Crippen LogP contribution < -0.4 is 0 Å². The van der Waals surface area contributed by atoms with Crippen LogP contribution in [0.1, 0.15) is 13.3 Å². The molecule has 0 aromatic carbocycles. The van der Waals surface area contributed by atoms with Crippen LogP contribution in [0, 0.1) is 0 Å². The monoisotopic (exact) mass is 159 g/mol. The number of hydrogen-bond acceptors (Lipinski definition) is 3. The van der Waals surface area contributed by atoms with E-state index >= 15 is 0 Å². The molecule has 1 rings (SSSR count). The summed E-state index contributed by atoms with van der Waals surface area (Å²) in [5, 5.41) is 9.34. The lowest BCUT2D eigenvalue weighted by Crippen LogP contribution is -2.25. The topological polar surface area (TPSA) is 32.7 Å². The highest BCUT2D eigenvalue weighted by atomic mass is 16.5. The van der Waals surface area contributed by atoms with Gasteiger partial charge in [-0.1, -0.05) is 0 Å². The Bertz CT molecular complexity index is 115. The van der Waals surface area contributed by atoms with Crippen LogP contribution in [0.15, 0.2) is 0 Å². The summed E-state index contributed by atoms with van der Waals surface area (Å²) >= 11 is 0. The summed E-state index contributed by atoms with van der Waals surface area (Å²) in [6, 6.07) is 0. The number of likely N-dealkylation sites (N-methyl/N-ethyl adjacent to an activating group) is 1. The number of ether oxygens (including phenoxy) is 1. The highest BCUT2D eigenvalue weighted by molar-refractivity contribution is 4.80. The Morgan fingerprint density at radius 2 is 2.18 bits per heavy atom. The zero-order chi connectivity index (χ0) is 8.43. The molecule has 0 aliphatic carbocycles. The molecule has 1 fully saturated rings. The van der Waals surface area contributed by atoms with Crippen molar-refractivity contribution >= 4 is 0 Å². The molecule has 0 aromatic rings. The van der Waals surface area contributed by atoms with E-state index in [2.05, 4.69) is 4.90 Å². The van der Waals surface area contributed by atoms with Gasteiger partial charge < -0.3 is 14.7 Å². The molecule has 3 atom stereocenters. The minimum Gasteiger partial charge on any atom is -0.390 e. The van der Waals surface area contributed by atoms with Crippen LogP contribution in [0.25, 0.3) is 0 Å². The Labute approximate surface area is 68.0 Å². The minimum absolute atomic E-state index is 0.0138. The summed E-state index contributed by atoms with van der Waals surface area (Å²) in [6.45, 7) is 2.82. The molecule has 0 bridgehead atoms. The van der Waals surface area contributed by atoms with Gasteiger partial charge in [0.1, 0.15) is 0 Å². The first-order chi connectivity index (χ1) is 5.09. The average Bonchev–Trinajstić information content (AvgIpc) is 2.10. The second kappa shape index (κ2) is 3.52. The van der Waals surface area contributed by atoms with Crippen molar-refractivity contribution < 1.29 is 9.84 Å². The quantitative estimate of drug-likeness (QED) is 0.619. The van der Waals surface area contributed by atoms with Crippen LogP contribution >= 0.6 is 0 Å². The van der Waals surface area contributed by atoms with Crippen LogP contribution in [-0.4, -0.2) is 49.0 Å². The molecule has 1 aliphatic heterocycles. The van der Waals surface area contributed by atoms with Crippen LogP contribution in [0.5, 0.6) is 0 Å². The van der Waals surface area contributed by atoms with Crippen molar-refractivity contribution in [2.24, 2.45) is 0 Å². The first kappa shape index (κ1) is 8.97. The van der Waals surface area contributed by atoms with Gasteiger partial charge in [0.15, 0.2) is 0 Å². The van der Waals surface area contributed by atoms with Gasteiger partial charge in [0, 0.05) is 13.0 Å². The maximum atomic E-state index is 9.34. The molecule has 1 heterocycles.